The summed E-state index contributed by atoms with van der Waals surface area (Å²) in [5, 5.41) is 16.1. The van der Waals surface area contributed by atoms with Crippen LogP contribution in [0.1, 0.15) is 12.8 Å². The van der Waals surface area contributed by atoms with Crippen LogP contribution >= 0.6 is 0 Å². The van der Waals surface area contributed by atoms with E-state index in [2.05, 4.69) is 28.4 Å². The number of hydrogen-bond acceptors (Lipinski definition) is 4. The van der Waals surface area contributed by atoms with Crippen LogP contribution in [0.4, 0.5) is 0 Å². The minimum absolute atomic E-state index is 0.322. The molecule has 0 radical (unpaired) electrons. The van der Waals surface area contributed by atoms with Crippen molar-refractivity contribution < 1.29 is 9.84 Å². The summed E-state index contributed by atoms with van der Waals surface area (Å²) in [7, 11) is 0. The SMILES string of the molecule is O[C@@H](CN[C@@H]1CN2CCC1CC2)COc1cccc2ccccc12. The predicted molar refractivity (Wildman–Crippen MR) is 96.4 cm³/mol. The molecule has 0 aromatic heterocycles. The molecule has 0 saturated carbocycles. The molecule has 2 aromatic carbocycles. The Morgan fingerprint density at radius 3 is 2.71 bits per heavy atom. The molecule has 5 rings (SSSR count). The summed E-state index contributed by atoms with van der Waals surface area (Å²) in [6, 6.07) is 14.7. The minimum atomic E-state index is -0.487. The van der Waals surface area contributed by atoms with E-state index in [1.807, 2.05) is 24.3 Å². The fourth-order valence-corrected chi connectivity index (χ4v) is 4.05. The van der Waals surface area contributed by atoms with Gasteiger partial charge in [0.05, 0.1) is 0 Å². The van der Waals surface area contributed by atoms with Crippen molar-refractivity contribution in [1.29, 1.82) is 0 Å². The van der Waals surface area contributed by atoms with E-state index in [1.165, 1.54) is 25.9 Å². The molecule has 0 aliphatic carbocycles. The Morgan fingerprint density at radius 1 is 1.12 bits per heavy atom. The first-order valence-corrected chi connectivity index (χ1v) is 9.04. The van der Waals surface area contributed by atoms with E-state index < -0.39 is 6.10 Å². The van der Waals surface area contributed by atoms with Gasteiger partial charge in [0.25, 0.3) is 0 Å². The third-order valence-corrected chi connectivity index (χ3v) is 5.45. The van der Waals surface area contributed by atoms with Crippen LogP contribution in [0, 0.1) is 5.92 Å². The maximum atomic E-state index is 10.3. The lowest BCUT2D eigenvalue weighted by Crippen LogP contribution is -2.57. The zero-order valence-electron chi connectivity index (χ0n) is 14.0. The Hall–Kier alpha value is -1.62. The standard InChI is InChI=1S/C20H26N2O2/c23-17(12-21-19-13-22-10-8-16(19)9-11-22)14-24-20-7-3-5-15-4-1-2-6-18(15)20/h1-7,16-17,19,21,23H,8-14H2/t17-,19+/m0/s1. The number of benzene rings is 2. The summed E-state index contributed by atoms with van der Waals surface area (Å²) in [6.07, 6.45) is 2.10. The first kappa shape index (κ1) is 15.9. The summed E-state index contributed by atoms with van der Waals surface area (Å²) in [5.41, 5.74) is 0. The topological polar surface area (TPSA) is 44.7 Å². The van der Waals surface area contributed by atoms with Gasteiger partial charge in [0, 0.05) is 24.5 Å². The van der Waals surface area contributed by atoms with E-state index in [4.69, 9.17) is 4.74 Å². The van der Waals surface area contributed by atoms with E-state index in [0.29, 0.717) is 19.2 Å². The number of nitrogens with one attached hydrogen (secondary N) is 1. The molecular formula is C20H26N2O2. The highest BCUT2D eigenvalue weighted by molar-refractivity contribution is 5.88. The van der Waals surface area contributed by atoms with Crippen LogP contribution in [0.3, 0.4) is 0 Å². The van der Waals surface area contributed by atoms with Gasteiger partial charge in [-0.05, 0) is 43.3 Å². The number of fused-ring (bicyclic) bond motifs is 4. The Kier molecular flexibility index (Phi) is 4.69. The van der Waals surface area contributed by atoms with Crippen LogP contribution in [-0.2, 0) is 0 Å². The van der Waals surface area contributed by atoms with Gasteiger partial charge in [-0.3, -0.25) is 0 Å². The van der Waals surface area contributed by atoms with Gasteiger partial charge in [0.2, 0.25) is 0 Å². The highest BCUT2D eigenvalue weighted by Crippen LogP contribution is 2.27. The molecule has 2 atom stereocenters. The number of nitrogens with zero attached hydrogens (tertiary/aromatic N) is 1. The van der Waals surface area contributed by atoms with Crippen molar-refractivity contribution in [2.45, 2.75) is 25.0 Å². The van der Waals surface area contributed by atoms with E-state index in [-0.39, 0.29) is 0 Å². The molecule has 3 heterocycles. The van der Waals surface area contributed by atoms with Gasteiger partial charge in [0.1, 0.15) is 18.5 Å². The molecule has 0 amide bonds. The number of hydrogen-bond donors (Lipinski definition) is 2. The lowest BCUT2D eigenvalue weighted by Gasteiger charge is -2.45. The fraction of sp³-hybridized carbons (Fsp3) is 0.500. The number of aliphatic hydroxyl groups excluding tert-OH is 1. The van der Waals surface area contributed by atoms with Gasteiger partial charge < -0.3 is 20.1 Å². The van der Waals surface area contributed by atoms with E-state index >= 15 is 0 Å². The van der Waals surface area contributed by atoms with Crippen LogP contribution < -0.4 is 10.1 Å². The van der Waals surface area contributed by atoms with Crippen LogP contribution in [0.15, 0.2) is 42.5 Å². The second-order valence-corrected chi connectivity index (χ2v) is 7.09. The molecule has 128 valence electrons. The quantitative estimate of drug-likeness (QED) is 0.855. The highest BCUT2D eigenvalue weighted by atomic mass is 16.5. The zero-order chi connectivity index (χ0) is 16.4. The lowest BCUT2D eigenvalue weighted by atomic mass is 9.84. The first-order chi connectivity index (χ1) is 11.8. The highest BCUT2D eigenvalue weighted by Gasteiger charge is 2.33. The van der Waals surface area contributed by atoms with Gasteiger partial charge in [-0.15, -0.1) is 0 Å². The van der Waals surface area contributed by atoms with E-state index in [0.717, 1.165) is 29.0 Å². The second kappa shape index (κ2) is 7.09. The molecule has 24 heavy (non-hydrogen) atoms. The number of piperidine rings is 3. The van der Waals surface area contributed by atoms with Crippen molar-refractivity contribution in [2.75, 3.05) is 32.8 Å². The van der Waals surface area contributed by atoms with Crippen LogP contribution in [0.25, 0.3) is 10.8 Å². The first-order valence-electron chi connectivity index (χ1n) is 9.04. The average Bonchev–Trinajstić information content (AvgIpc) is 2.65. The Bertz CT molecular complexity index is 677. The smallest absolute Gasteiger partial charge is 0.127 e. The predicted octanol–water partition coefficient (Wildman–Crippen LogP) is 2.26. The van der Waals surface area contributed by atoms with Crippen molar-refractivity contribution in [1.82, 2.24) is 10.2 Å². The van der Waals surface area contributed by atoms with Crippen molar-refractivity contribution in [2.24, 2.45) is 5.92 Å². The van der Waals surface area contributed by atoms with E-state index in [9.17, 15) is 5.11 Å². The van der Waals surface area contributed by atoms with Gasteiger partial charge >= 0.3 is 0 Å². The molecule has 2 aromatic rings. The molecule has 2 N–H and O–H groups in total. The Balaban J connectivity index is 1.29. The monoisotopic (exact) mass is 326 g/mol. The molecule has 3 fully saturated rings. The second-order valence-electron chi connectivity index (χ2n) is 7.09. The maximum Gasteiger partial charge on any atom is 0.127 e. The molecule has 4 heteroatoms. The largest absolute Gasteiger partial charge is 0.490 e. The third-order valence-electron chi connectivity index (χ3n) is 5.45. The molecule has 3 aliphatic rings. The van der Waals surface area contributed by atoms with Crippen LogP contribution in [0.5, 0.6) is 5.75 Å². The summed E-state index contributed by atoms with van der Waals surface area (Å²) in [4.78, 5) is 2.52. The number of ether oxygens (including phenoxy) is 1. The van der Waals surface area contributed by atoms with Gasteiger partial charge in [-0.25, -0.2) is 0 Å². The van der Waals surface area contributed by atoms with Gasteiger partial charge in [-0.2, -0.15) is 0 Å². The van der Waals surface area contributed by atoms with Crippen molar-refractivity contribution >= 4 is 10.8 Å². The zero-order valence-corrected chi connectivity index (χ0v) is 14.0. The van der Waals surface area contributed by atoms with Gasteiger partial charge in [0.15, 0.2) is 0 Å². The fourth-order valence-electron chi connectivity index (χ4n) is 4.05. The van der Waals surface area contributed by atoms with Gasteiger partial charge in [-0.1, -0.05) is 36.4 Å². The third kappa shape index (κ3) is 3.41. The molecule has 3 aliphatic heterocycles. The number of rotatable bonds is 6. The summed E-state index contributed by atoms with van der Waals surface area (Å²) >= 11 is 0. The minimum Gasteiger partial charge on any atom is -0.490 e. The molecule has 0 unspecified atom stereocenters. The normalized spacial score (nSPS) is 27.3. The van der Waals surface area contributed by atoms with E-state index in [1.54, 1.807) is 0 Å². The lowest BCUT2D eigenvalue weighted by molar-refractivity contribution is 0.0553. The Morgan fingerprint density at radius 2 is 1.92 bits per heavy atom. The van der Waals surface area contributed by atoms with Crippen molar-refractivity contribution in [3.05, 3.63) is 42.5 Å². The molecule has 2 bridgehead atoms. The molecular weight excluding hydrogens is 300 g/mol. The summed E-state index contributed by atoms with van der Waals surface area (Å²) in [5.74, 6) is 1.62. The molecule has 0 spiro atoms. The van der Waals surface area contributed by atoms with Crippen LogP contribution in [0.2, 0.25) is 0 Å². The summed E-state index contributed by atoms with van der Waals surface area (Å²) in [6.45, 7) is 4.54. The molecule has 3 saturated heterocycles. The number of aliphatic hydroxyl groups is 1. The van der Waals surface area contributed by atoms with Crippen molar-refractivity contribution in [3.63, 3.8) is 0 Å². The maximum absolute atomic E-state index is 10.3. The summed E-state index contributed by atoms with van der Waals surface area (Å²) < 4.78 is 5.88. The molecule has 4 nitrogen and oxygen atoms in total. The Labute approximate surface area is 143 Å². The average molecular weight is 326 g/mol. The van der Waals surface area contributed by atoms with Crippen LogP contribution in [-0.4, -0.2) is 54.9 Å². The van der Waals surface area contributed by atoms with Crippen molar-refractivity contribution in [3.8, 4) is 5.75 Å².